The molecule has 1 heterocycles. The fourth-order valence-corrected chi connectivity index (χ4v) is 4.33. The highest BCUT2D eigenvalue weighted by Crippen LogP contribution is 2.26. The number of rotatable bonds is 10. The van der Waals surface area contributed by atoms with Crippen molar-refractivity contribution in [1.82, 2.24) is 20.2 Å². The van der Waals surface area contributed by atoms with Crippen LogP contribution in [0.5, 0.6) is 0 Å². The molecule has 1 aromatic carbocycles. The van der Waals surface area contributed by atoms with Crippen LogP contribution in [0.2, 0.25) is 0 Å². The van der Waals surface area contributed by atoms with Crippen LogP contribution in [-0.4, -0.2) is 46.8 Å². The fourth-order valence-electron chi connectivity index (χ4n) is 4.33. The molecule has 0 aliphatic heterocycles. The third-order valence-corrected chi connectivity index (χ3v) is 6.21. The van der Waals surface area contributed by atoms with Gasteiger partial charge in [-0.25, -0.2) is 13.8 Å². The van der Waals surface area contributed by atoms with E-state index in [-0.39, 0.29) is 24.3 Å². The van der Waals surface area contributed by atoms with Gasteiger partial charge in [0.1, 0.15) is 11.6 Å². The topological polar surface area (TPSA) is 71.0 Å². The van der Waals surface area contributed by atoms with Crippen molar-refractivity contribution in [3.63, 3.8) is 0 Å². The highest BCUT2D eigenvalue weighted by molar-refractivity contribution is 5.94. The molecule has 3 N–H and O–H groups in total. The summed E-state index contributed by atoms with van der Waals surface area (Å²) in [6.07, 6.45) is 1.57. The number of alkyl halides is 3. The first-order valence-electron chi connectivity index (χ1n) is 11.7. The van der Waals surface area contributed by atoms with Gasteiger partial charge in [0.2, 0.25) is 5.91 Å². The minimum Gasteiger partial charge on any atom is -0.328 e. The second-order valence-corrected chi connectivity index (χ2v) is 9.66. The molecule has 0 unspecified atom stereocenters. The van der Waals surface area contributed by atoms with E-state index in [0.717, 1.165) is 12.5 Å². The molecule has 0 bridgehead atoms. The number of nitrogens with zero attached hydrogens (tertiary/aromatic N) is 2. The van der Waals surface area contributed by atoms with Crippen LogP contribution in [0.1, 0.15) is 51.2 Å². The predicted molar refractivity (Wildman–Crippen MR) is 123 cm³/mol. The van der Waals surface area contributed by atoms with Crippen LogP contribution >= 0.6 is 0 Å². The van der Waals surface area contributed by atoms with Crippen molar-refractivity contribution in [2.45, 2.75) is 76.7 Å². The molecule has 6 nitrogen and oxygen atoms in total. The number of amides is 1. The van der Waals surface area contributed by atoms with Gasteiger partial charge in [0, 0.05) is 24.8 Å². The summed E-state index contributed by atoms with van der Waals surface area (Å²) in [5, 5.41) is 8.48. The number of carbonyl (C=O) groups is 1. The van der Waals surface area contributed by atoms with E-state index in [9.17, 15) is 26.7 Å². The van der Waals surface area contributed by atoms with Crippen molar-refractivity contribution in [2.75, 3.05) is 18.4 Å². The second kappa shape index (κ2) is 11.0. The van der Waals surface area contributed by atoms with Crippen molar-refractivity contribution in [1.29, 1.82) is 0 Å². The summed E-state index contributed by atoms with van der Waals surface area (Å²) in [4.78, 5) is 17.2. The molecule has 0 fully saturated rings. The molecule has 1 aliphatic rings. The van der Waals surface area contributed by atoms with E-state index in [2.05, 4.69) is 20.9 Å². The van der Waals surface area contributed by atoms with Gasteiger partial charge < -0.3 is 20.5 Å². The molecule has 3 rings (SSSR count). The summed E-state index contributed by atoms with van der Waals surface area (Å²) in [5.41, 5.74) is 0.433. The van der Waals surface area contributed by atoms with E-state index in [1.165, 1.54) is 12.4 Å². The van der Waals surface area contributed by atoms with Crippen molar-refractivity contribution in [3.05, 3.63) is 47.4 Å². The van der Waals surface area contributed by atoms with Gasteiger partial charge in [-0.15, -0.1) is 0 Å². The average molecular weight is 502 g/mol. The molecule has 0 saturated heterocycles. The quantitative estimate of drug-likeness (QED) is 0.425. The van der Waals surface area contributed by atoms with Crippen LogP contribution in [0.15, 0.2) is 24.7 Å². The molecule has 2 aromatic rings. The highest BCUT2D eigenvalue weighted by Gasteiger charge is 2.30. The number of aryl methyl sites for hydroxylation is 1. The van der Waals surface area contributed by atoms with Gasteiger partial charge in [-0.1, -0.05) is 13.3 Å². The Kier molecular flexibility index (Phi) is 8.53. The Balaban J connectivity index is 1.61. The van der Waals surface area contributed by atoms with Crippen LogP contribution in [0.4, 0.5) is 27.8 Å². The maximum Gasteiger partial charge on any atom is 0.401 e. The first kappa shape index (κ1) is 27.1. The van der Waals surface area contributed by atoms with Gasteiger partial charge in [-0.2, -0.15) is 13.2 Å². The number of anilines is 1. The van der Waals surface area contributed by atoms with Crippen LogP contribution in [0.3, 0.4) is 0 Å². The van der Waals surface area contributed by atoms with Gasteiger partial charge in [-0.3, -0.25) is 4.79 Å². The molecular weight excluding hydrogens is 469 g/mol. The van der Waals surface area contributed by atoms with E-state index in [1.807, 2.05) is 6.92 Å². The van der Waals surface area contributed by atoms with Gasteiger partial charge in [0.15, 0.2) is 5.82 Å². The Labute approximate surface area is 201 Å². The Morgan fingerprint density at radius 2 is 1.97 bits per heavy atom. The molecule has 35 heavy (non-hydrogen) atoms. The number of benzene rings is 1. The van der Waals surface area contributed by atoms with E-state index in [1.54, 1.807) is 24.6 Å². The molecule has 0 saturated carbocycles. The van der Waals surface area contributed by atoms with Crippen molar-refractivity contribution in [3.8, 4) is 0 Å². The summed E-state index contributed by atoms with van der Waals surface area (Å²) in [5.74, 6) is -1.16. The minimum atomic E-state index is -4.30. The van der Waals surface area contributed by atoms with Gasteiger partial charge in [-0.05, 0) is 56.7 Å². The summed E-state index contributed by atoms with van der Waals surface area (Å²) in [7, 11) is 0. The minimum absolute atomic E-state index is 0.0554. The Bertz CT molecular complexity index is 1020. The Morgan fingerprint density at radius 3 is 2.66 bits per heavy atom. The van der Waals surface area contributed by atoms with E-state index < -0.39 is 35.9 Å². The Hall–Kier alpha value is -2.53. The lowest BCUT2D eigenvalue weighted by atomic mass is 9.87. The second-order valence-electron chi connectivity index (χ2n) is 9.66. The van der Waals surface area contributed by atoms with Crippen LogP contribution < -0.4 is 16.0 Å². The fraction of sp³-hybridized carbons (Fsp3) is 0.583. The van der Waals surface area contributed by atoms with Gasteiger partial charge in [0.05, 0.1) is 24.5 Å². The van der Waals surface area contributed by atoms with E-state index >= 15 is 0 Å². The van der Waals surface area contributed by atoms with Gasteiger partial charge in [0.25, 0.3) is 0 Å². The number of fused-ring (bicyclic) bond motifs is 1. The van der Waals surface area contributed by atoms with Crippen LogP contribution in [0, 0.1) is 11.6 Å². The van der Waals surface area contributed by atoms with E-state index in [4.69, 9.17) is 0 Å². The molecule has 2 atom stereocenters. The SMILES string of the molecule is CCC[C@H](N[C@H]1CCc2cc(F)cc(F)c2C1)C(=O)Nc1cn(C(C)(C)CNCC(F)(F)F)cn1. The lowest BCUT2D eigenvalue weighted by molar-refractivity contribution is -0.125. The smallest absolute Gasteiger partial charge is 0.328 e. The lowest BCUT2D eigenvalue weighted by Gasteiger charge is -2.29. The molecular formula is C24H32F5N5O. The first-order chi connectivity index (χ1) is 16.4. The average Bonchev–Trinajstić information content (AvgIpc) is 3.22. The first-order valence-corrected chi connectivity index (χ1v) is 11.7. The number of halogens is 5. The monoisotopic (exact) mass is 501 g/mol. The predicted octanol–water partition coefficient (Wildman–Crippen LogP) is 4.30. The highest BCUT2D eigenvalue weighted by atomic mass is 19.4. The molecule has 1 aliphatic carbocycles. The normalized spacial score (nSPS) is 17.2. The van der Waals surface area contributed by atoms with Crippen molar-refractivity contribution < 1.29 is 26.7 Å². The standard InChI is InChI=1S/C24H32F5N5O/c1-4-5-20(32-17-7-6-15-8-16(25)9-19(26)18(15)10-17)22(35)33-21-11-34(14-31-21)23(2,3)12-30-13-24(27,28)29/h8-9,11,14,17,20,30,32H,4-7,10,12-13H2,1-3H3,(H,33,35)/t17-,20-/m0/s1. The summed E-state index contributed by atoms with van der Waals surface area (Å²) >= 11 is 0. The zero-order valence-electron chi connectivity index (χ0n) is 20.1. The number of aromatic nitrogens is 2. The molecule has 194 valence electrons. The largest absolute Gasteiger partial charge is 0.401 e. The summed E-state index contributed by atoms with van der Waals surface area (Å²) in [6.45, 7) is 4.43. The molecule has 0 spiro atoms. The summed E-state index contributed by atoms with van der Waals surface area (Å²) < 4.78 is 66.7. The third-order valence-electron chi connectivity index (χ3n) is 6.21. The van der Waals surface area contributed by atoms with E-state index in [0.29, 0.717) is 36.8 Å². The van der Waals surface area contributed by atoms with Crippen LogP contribution in [0.25, 0.3) is 0 Å². The summed E-state index contributed by atoms with van der Waals surface area (Å²) in [6, 6.07) is 1.57. The maximum atomic E-state index is 14.3. The number of nitrogens with one attached hydrogen (secondary N) is 3. The maximum absolute atomic E-state index is 14.3. The molecule has 1 amide bonds. The number of carbonyl (C=O) groups excluding carboxylic acids is 1. The molecule has 1 aromatic heterocycles. The Morgan fingerprint density at radius 1 is 1.23 bits per heavy atom. The number of hydrogen-bond acceptors (Lipinski definition) is 4. The molecule has 0 radical (unpaired) electrons. The number of imidazole rings is 1. The van der Waals surface area contributed by atoms with Crippen LogP contribution in [-0.2, 0) is 23.2 Å². The molecule has 11 heteroatoms. The van der Waals surface area contributed by atoms with Crippen molar-refractivity contribution in [2.24, 2.45) is 0 Å². The third kappa shape index (κ3) is 7.47. The lowest BCUT2D eigenvalue weighted by Crippen LogP contribution is -2.48. The zero-order valence-corrected chi connectivity index (χ0v) is 20.1. The number of hydrogen-bond donors (Lipinski definition) is 3. The van der Waals surface area contributed by atoms with Gasteiger partial charge >= 0.3 is 6.18 Å². The zero-order chi connectivity index (χ0) is 25.8. The van der Waals surface area contributed by atoms with Crippen molar-refractivity contribution >= 4 is 11.7 Å².